The lowest BCUT2D eigenvalue weighted by molar-refractivity contribution is 0.102. The predicted molar refractivity (Wildman–Crippen MR) is 124 cm³/mol. The number of ether oxygens (including phenoxy) is 1. The molecule has 1 amide bonds. The van der Waals surface area contributed by atoms with Crippen LogP contribution in [-0.4, -0.2) is 22.9 Å². The van der Waals surface area contributed by atoms with E-state index in [4.69, 9.17) is 4.74 Å². The number of carbonyl (C=O) groups is 1. The molecule has 3 aromatic carbocycles. The van der Waals surface area contributed by atoms with Crippen molar-refractivity contribution in [2.45, 2.75) is 19.8 Å². The second kappa shape index (κ2) is 8.83. The average Bonchev–Trinajstić information content (AvgIpc) is 2.78. The van der Waals surface area contributed by atoms with Gasteiger partial charge in [-0.3, -0.25) is 4.79 Å². The van der Waals surface area contributed by atoms with Crippen molar-refractivity contribution in [2.24, 2.45) is 0 Å². The van der Waals surface area contributed by atoms with Crippen LogP contribution in [0.3, 0.4) is 0 Å². The van der Waals surface area contributed by atoms with Crippen molar-refractivity contribution < 1.29 is 9.53 Å². The van der Waals surface area contributed by atoms with E-state index in [-0.39, 0.29) is 5.91 Å². The number of anilines is 2. The molecule has 2 N–H and O–H groups in total. The maximum Gasteiger partial charge on any atom is 0.256 e. The molecule has 31 heavy (non-hydrogen) atoms. The number of rotatable bonds is 6. The number of hydrogen-bond donors (Lipinski definition) is 2. The molecule has 0 spiro atoms. The van der Waals surface area contributed by atoms with Gasteiger partial charge in [0.05, 0.1) is 0 Å². The van der Waals surface area contributed by atoms with E-state index in [2.05, 4.69) is 40.5 Å². The molecule has 0 aliphatic rings. The molecular formula is C25H24N4O2. The first-order chi connectivity index (χ1) is 15.0. The summed E-state index contributed by atoms with van der Waals surface area (Å²) in [6.45, 7) is 4.26. The van der Waals surface area contributed by atoms with Crippen LogP contribution < -0.4 is 15.4 Å². The lowest BCUT2D eigenvalue weighted by atomic mass is 10.0. The van der Waals surface area contributed by atoms with Crippen LogP contribution in [0.2, 0.25) is 0 Å². The fourth-order valence-corrected chi connectivity index (χ4v) is 3.34. The van der Waals surface area contributed by atoms with Gasteiger partial charge in [-0.05, 0) is 58.7 Å². The Kier molecular flexibility index (Phi) is 5.80. The van der Waals surface area contributed by atoms with Crippen LogP contribution in [0.4, 0.5) is 11.6 Å². The Bertz CT molecular complexity index is 1240. The quantitative estimate of drug-likeness (QED) is 0.416. The van der Waals surface area contributed by atoms with Gasteiger partial charge in [0.2, 0.25) is 11.8 Å². The number of benzene rings is 3. The molecule has 0 fully saturated rings. The number of nitrogens with zero attached hydrogens (tertiary/aromatic N) is 2. The summed E-state index contributed by atoms with van der Waals surface area (Å²) in [5.74, 6) is 1.81. The first kappa shape index (κ1) is 20.3. The first-order valence-electron chi connectivity index (χ1n) is 10.2. The summed E-state index contributed by atoms with van der Waals surface area (Å²) in [7, 11) is 1.75. The van der Waals surface area contributed by atoms with Gasteiger partial charge < -0.3 is 15.4 Å². The minimum absolute atomic E-state index is 0.144. The van der Waals surface area contributed by atoms with Crippen LogP contribution in [0, 0.1) is 0 Å². The zero-order valence-corrected chi connectivity index (χ0v) is 17.7. The molecule has 0 bridgehead atoms. The molecule has 1 aromatic heterocycles. The van der Waals surface area contributed by atoms with E-state index in [0.29, 0.717) is 29.1 Å². The highest BCUT2D eigenvalue weighted by Gasteiger charge is 2.12. The Labute approximate surface area is 181 Å². The highest BCUT2D eigenvalue weighted by atomic mass is 16.5. The zero-order chi connectivity index (χ0) is 21.8. The van der Waals surface area contributed by atoms with Crippen molar-refractivity contribution in [2.75, 3.05) is 17.7 Å². The number of hydrogen-bond acceptors (Lipinski definition) is 5. The minimum atomic E-state index is -0.144. The van der Waals surface area contributed by atoms with Crippen LogP contribution in [0.25, 0.3) is 10.8 Å². The second-order valence-corrected chi connectivity index (χ2v) is 7.49. The molecule has 6 heteroatoms. The number of carbonyl (C=O) groups excluding carboxylic acids is 1. The lowest BCUT2D eigenvalue weighted by Gasteiger charge is -2.12. The Morgan fingerprint density at radius 2 is 1.84 bits per heavy atom. The third-order valence-electron chi connectivity index (χ3n) is 4.98. The second-order valence-electron chi connectivity index (χ2n) is 7.49. The normalized spacial score (nSPS) is 10.8. The van der Waals surface area contributed by atoms with Crippen LogP contribution >= 0.6 is 0 Å². The van der Waals surface area contributed by atoms with Crippen molar-refractivity contribution in [3.05, 3.63) is 84.1 Å². The Balaban J connectivity index is 1.59. The summed E-state index contributed by atoms with van der Waals surface area (Å²) >= 11 is 0. The van der Waals surface area contributed by atoms with E-state index in [9.17, 15) is 4.79 Å². The van der Waals surface area contributed by atoms with E-state index >= 15 is 0 Å². The van der Waals surface area contributed by atoms with E-state index in [1.54, 1.807) is 19.3 Å². The first-order valence-corrected chi connectivity index (χ1v) is 10.2. The summed E-state index contributed by atoms with van der Waals surface area (Å²) < 4.78 is 5.87. The van der Waals surface area contributed by atoms with Gasteiger partial charge in [0.1, 0.15) is 5.75 Å². The monoisotopic (exact) mass is 412 g/mol. The van der Waals surface area contributed by atoms with Crippen molar-refractivity contribution >= 4 is 28.3 Å². The third kappa shape index (κ3) is 4.64. The Hall–Kier alpha value is -3.93. The molecule has 0 saturated carbocycles. The SMILES string of the molecule is CNc1nccc(Oc2ccc3c(C(=O)Nc4cccc(C(C)C)c4)cccc3c2)n1. The number of aromatic nitrogens is 2. The number of fused-ring (bicyclic) bond motifs is 1. The number of amides is 1. The van der Waals surface area contributed by atoms with Crippen molar-refractivity contribution in [3.8, 4) is 11.6 Å². The van der Waals surface area contributed by atoms with Gasteiger partial charge in [-0.25, -0.2) is 4.98 Å². The minimum Gasteiger partial charge on any atom is -0.439 e. The molecule has 6 nitrogen and oxygen atoms in total. The molecule has 0 aliphatic carbocycles. The fourth-order valence-electron chi connectivity index (χ4n) is 3.34. The molecule has 4 aromatic rings. The molecule has 4 rings (SSSR count). The highest BCUT2D eigenvalue weighted by molar-refractivity contribution is 6.13. The lowest BCUT2D eigenvalue weighted by Crippen LogP contribution is -2.12. The van der Waals surface area contributed by atoms with Gasteiger partial charge in [0, 0.05) is 30.6 Å². The summed E-state index contributed by atoms with van der Waals surface area (Å²) in [5.41, 5.74) is 2.58. The molecule has 0 aliphatic heterocycles. The summed E-state index contributed by atoms with van der Waals surface area (Å²) in [6.07, 6.45) is 1.63. The molecular weight excluding hydrogens is 388 g/mol. The summed E-state index contributed by atoms with van der Waals surface area (Å²) in [6, 6.07) is 20.9. The Morgan fingerprint density at radius 1 is 1.00 bits per heavy atom. The standard InChI is InChI=1S/C25H24N4O2/c1-16(2)17-6-4-8-19(14-17)28-24(30)22-9-5-7-18-15-20(10-11-21(18)22)31-23-12-13-27-25(26-3)29-23/h4-16H,1-3H3,(H,28,30)(H,26,27,29). The fraction of sp³-hybridized carbons (Fsp3) is 0.160. The van der Waals surface area contributed by atoms with E-state index in [1.807, 2.05) is 54.6 Å². The van der Waals surface area contributed by atoms with Gasteiger partial charge in [0.25, 0.3) is 5.91 Å². The van der Waals surface area contributed by atoms with Crippen LogP contribution in [0.15, 0.2) is 72.9 Å². The third-order valence-corrected chi connectivity index (χ3v) is 4.98. The molecule has 0 atom stereocenters. The maximum absolute atomic E-state index is 13.0. The van der Waals surface area contributed by atoms with Crippen molar-refractivity contribution in [1.29, 1.82) is 0 Å². The van der Waals surface area contributed by atoms with Crippen LogP contribution in [0.5, 0.6) is 11.6 Å². The van der Waals surface area contributed by atoms with Gasteiger partial charge in [-0.1, -0.05) is 38.1 Å². The van der Waals surface area contributed by atoms with Gasteiger partial charge in [-0.15, -0.1) is 0 Å². The Morgan fingerprint density at radius 3 is 2.65 bits per heavy atom. The summed E-state index contributed by atoms with van der Waals surface area (Å²) in [4.78, 5) is 21.3. The highest BCUT2D eigenvalue weighted by Crippen LogP contribution is 2.28. The van der Waals surface area contributed by atoms with E-state index < -0.39 is 0 Å². The zero-order valence-electron chi connectivity index (χ0n) is 17.7. The molecule has 156 valence electrons. The smallest absolute Gasteiger partial charge is 0.256 e. The van der Waals surface area contributed by atoms with Crippen LogP contribution in [-0.2, 0) is 0 Å². The molecule has 1 heterocycles. The van der Waals surface area contributed by atoms with E-state index in [1.165, 1.54) is 5.56 Å². The van der Waals surface area contributed by atoms with E-state index in [0.717, 1.165) is 16.5 Å². The topological polar surface area (TPSA) is 76.1 Å². The van der Waals surface area contributed by atoms with Crippen molar-refractivity contribution in [3.63, 3.8) is 0 Å². The molecule has 0 radical (unpaired) electrons. The largest absolute Gasteiger partial charge is 0.439 e. The van der Waals surface area contributed by atoms with Crippen LogP contribution in [0.1, 0.15) is 35.7 Å². The molecule has 0 unspecified atom stereocenters. The number of nitrogens with one attached hydrogen (secondary N) is 2. The predicted octanol–water partition coefficient (Wildman–Crippen LogP) is 5.84. The van der Waals surface area contributed by atoms with Crippen molar-refractivity contribution in [1.82, 2.24) is 9.97 Å². The maximum atomic E-state index is 13.0. The average molecular weight is 412 g/mol. The van der Waals surface area contributed by atoms with Gasteiger partial charge in [-0.2, -0.15) is 4.98 Å². The molecule has 0 saturated heterocycles. The van der Waals surface area contributed by atoms with Gasteiger partial charge in [0.15, 0.2) is 0 Å². The summed E-state index contributed by atoms with van der Waals surface area (Å²) in [5, 5.41) is 7.66. The van der Waals surface area contributed by atoms with Gasteiger partial charge >= 0.3 is 0 Å².